The molecule has 3 unspecified atom stereocenters. The van der Waals surface area contributed by atoms with Crippen LogP contribution >= 0.6 is 0 Å². The summed E-state index contributed by atoms with van der Waals surface area (Å²) in [6.45, 7) is 4.34. The zero-order valence-electron chi connectivity index (χ0n) is 13.2. The number of ether oxygens (including phenoxy) is 2. The highest BCUT2D eigenvalue weighted by Gasteiger charge is 2.39. The Morgan fingerprint density at radius 1 is 1.36 bits per heavy atom. The third-order valence-electron chi connectivity index (χ3n) is 4.37. The minimum Gasteiger partial charge on any atom is -0.463 e. The SMILES string of the molecule is CCOC(=O)C1=C(NC(C)c2ccccc2)CC2CCC1O2. The lowest BCUT2D eigenvalue weighted by molar-refractivity contribution is -0.140. The third kappa shape index (κ3) is 3.02. The highest BCUT2D eigenvalue weighted by atomic mass is 16.5. The molecule has 1 saturated heterocycles. The lowest BCUT2D eigenvalue weighted by Gasteiger charge is -2.29. The third-order valence-corrected chi connectivity index (χ3v) is 4.37. The standard InChI is InChI=1S/C18H23NO3/c1-3-21-18(20)17-15(11-14-9-10-16(17)22-14)19-12(2)13-7-5-4-6-8-13/h4-8,12,14,16,19H,3,9-11H2,1-2H3. The first kappa shape index (κ1) is 15.1. The molecule has 0 aromatic heterocycles. The van der Waals surface area contributed by atoms with E-state index >= 15 is 0 Å². The molecule has 0 radical (unpaired) electrons. The average molecular weight is 301 g/mol. The molecule has 3 atom stereocenters. The monoisotopic (exact) mass is 301 g/mol. The maximum atomic E-state index is 12.3. The van der Waals surface area contributed by atoms with Crippen molar-refractivity contribution >= 4 is 5.97 Å². The van der Waals surface area contributed by atoms with E-state index in [9.17, 15) is 4.79 Å². The fourth-order valence-electron chi connectivity index (χ4n) is 3.29. The van der Waals surface area contributed by atoms with Crippen molar-refractivity contribution in [1.29, 1.82) is 0 Å². The fourth-order valence-corrected chi connectivity index (χ4v) is 3.29. The summed E-state index contributed by atoms with van der Waals surface area (Å²) in [6.07, 6.45) is 2.81. The second-order valence-corrected chi connectivity index (χ2v) is 5.92. The first-order valence-electron chi connectivity index (χ1n) is 8.06. The Morgan fingerprint density at radius 2 is 2.14 bits per heavy atom. The molecule has 118 valence electrons. The number of rotatable bonds is 5. The molecular formula is C18H23NO3. The molecule has 0 saturated carbocycles. The van der Waals surface area contributed by atoms with E-state index in [2.05, 4.69) is 24.4 Å². The summed E-state index contributed by atoms with van der Waals surface area (Å²) in [5, 5.41) is 3.52. The number of fused-ring (bicyclic) bond motifs is 2. The van der Waals surface area contributed by atoms with Crippen molar-refractivity contribution < 1.29 is 14.3 Å². The van der Waals surface area contributed by atoms with Gasteiger partial charge in [0.1, 0.15) is 0 Å². The van der Waals surface area contributed by atoms with Crippen LogP contribution in [0.2, 0.25) is 0 Å². The average Bonchev–Trinajstić information content (AvgIpc) is 2.90. The Kier molecular flexibility index (Phi) is 4.48. The van der Waals surface area contributed by atoms with Crippen LogP contribution in [0.4, 0.5) is 0 Å². The van der Waals surface area contributed by atoms with Crippen LogP contribution < -0.4 is 5.32 Å². The first-order chi connectivity index (χ1) is 10.7. The zero-order chi connectivity index (χ0) is 15.5. The van der Waals surface area contributed by atoms with E-state index in [1.54, 1.807) is 0 Å². The van der Waals surface area contributed by atoms with Crippen molar-refractivity contribution in [2.24, 2.45) is 0 Å². The highest BCUT2D eigenvalue weighted by Crippen LogP contribution is 2.37. The first-order valence-corrected chi connectivity index (χ1v) is 8.06. The number of carbonyl (C=O) groups is 1. The number of benzene rings is 1. The predicted molar refractivity (Wildman–Crippen MR) is 84.2 cm³/mol. The van der Waals surface area contributed by atoms with Crippen molar-refractivity contribution in [2.75, 3.05) is 6.61 Å². The molecule has 1 aromatic carbocycles. The van der Waals surface area contributed by atoms with Gasteiger partial charge in [-0.2, -0.15) is 0 Å². The number of carbonyl (C=O) groups excluding carboxylic acids is 1. The second-order valence-electron chi connectivity index (χ2n) is 5.92. The molecule has 0 aliphatic carbocycles. The van der Waals surface area contributed by atoms with Gasteiger partial charge in [-0.3, -0.25) is 0 Å². The van der Waals surface area contributed by atoms with Crippen molar-refractivity contribution in [2.45, 2.75) is 51.4 Å². The van der Waals surface area contributed by atoms with Crippen LogP contribution in [0.25, 0.3) is 0 Å². The predicted octanol–water partition coefficient (Wildman–Crippen LogP) is 3.11. The van der Waals surface area contributed by atoms with Gasteiger partial charge in [0.25, 0.3) is 0 Å². The Morgan fingerprint density at radius 3 is 2.86 bits per heavy atom. The van der Waals surface area contributed by atoms with Crippen LogP contribution in [0.5, 0.6) is 0 Å². The van der Waals surface area contributed by atoms with E-state index in [-0.39, 0.29) is 24.2 Å². The van der Waals surface area contributed by atoms with Crippen molar-refractivity contribution in [3.8, 4) is 0 Å². The number of hydrogen-bond acceptors (Lipinski definition) is 4. The summed E-state index contributed by atoms with van der Waals surface area (Å²) in [5.74, 6) is -0.240. The molecule has 1 N–H and O–H groups in total. The molecule has 2 heterocycles. The van der Waals surface area contributed by atoms with Crippen molar-refractivity contribution in [3.05, 3.63) is 47.2 Å². The van der Waals surface area contributed by atoms with E-state index < -0.39 is 0 Å². The van der Waals surface area contributed by atoms with Gasteiger partial charge in [0, 0.05) is 18.2 Å². The Hall–Kier alpha value is -1.81. The molecule has 4 heteroatoms. The van der Waals surface area contributed by atoms with Gasteiger partial charge in [-0.25, -0.2) is 4.79 Å². The maximum absolute atomic E-state index is 12.3. The van der Waals surface area contributed by atoms with Gasteiger partial charge < -0.3 is 14.8 Å². The minimum absolute atomic E-state index is 0.108. The maximum Gasteiger partial charge on any atom is 0.338 e. The molecule has 2 bridgehead atoms. The summed E-state index contributed by atoms with van der Waals surface area (Å²) in [6, 6.07) is 10.4. The van der Waals surface area contributed by atoms with E-state index in [1.807, 2.05) is 25.1 Å². The van der Waals surface area contributed by atoms with E-state index in [0.717, 1.165) is 25.0 Å². The molecule has 2 aliphatic heterocycles. The lowest BCUT2D eigenvalue weighted by Crippen LogP contribution is -2.33. The summed E-state index contributed by atoms with van der Waals surface area (Å²) < 4.78 is 11.1. The summed E-state index contributed by atoms with van der Waals surface area (Å²) in [4.78, 5) is 12.3. The van der Waals surface area contributed by atoms with Crippen LogP contribution in [-0.2, 0) is 14.3 Å². The van der Waals surface area contributed by atoms with Crippen molar-refractivity contribution in [3.63, 3.8) is 0 Å². The van der Waals surface area contributed by atoms with Crippen LogP contribution in [0.15, 0.2) is 41.6 Å². The Balaban J connectivity index is 1.84. The topological polar surface area (TPSA) is 47.6 Å². The van der Waals surface area contributed by atoms with E-state index in [0.29, 0.717) is 12.2 Å². The summed E-state index contributed by atoms with van der Waals surface area (Å²) in [7, 11) is 0. The molecule has 22 heavy (non-hydrogen) atoms. The van der Waals surface area contributed by atoms with Crippen molar-refractivity contribution in [1.82, 2.24) is 5.32 Å². The quantitative estimate of drug-likeness (QED) is 0.849. The number of hydrogen-bond donors (Lipinski definition) is 1. The highest BCUT2D eigenvalue weighted by molar-refractivity contribution is 5.90. The van der Waals surface area contributed by atoms with E-state index in [4.69, 9.17) is 9.47 Å². The molecular weight excluding hydrogens is 278 g/mol. The zero-order valence-corrected chi connectivity index (χ0v) is 13.2. The van der Waals surface area contributed by atoms with Gasteiger partial charge in [-0.15, -0.1) is 0 Å². The molecule has 1 aromatic rings. The molecule has 1 fully saturated rings. The number of esters is 1. The molecule has 4 nitrogen and oxygen atoms in total. The van der Waals surface area contributed by atoms with E-state index in [1.165, 1.54) is 5.56 Å². The van der Waals surface area contributed by atoms with Gasteiger partial charge in [0.15, 0.2) is 0 Å². The minimum atomic E-state index is -0.240. The Labute approximate surface area is 131 Å². The molecule has 2 aliphatic rings. The Bertz CT molecular complexity index is 567. The summed E-state index contributed by atoms with van der Waals surface area (Å²) in [5.41, 5.74) is 2.89. The smallest absolute Gasteiger partial charge is 0.338 e. The largest absolute Gasteiger partial charge is 0.463 e. The number of nitrogens with one attached hydrogen (secondary N) is 1. The van der Waals surface area contributed by atoms with Gasteiger partial charge in [-0.1, -0.05) is 30.3 Å². The second kappa shape index (κ2) is 6.53. The molecule has 3 rings (SSSR count). The lowest BCUT2D eigenvalue weighted by atomic mass is 10.0. The van der Waals surface area contributed by atoms with Gasteiger partial charge >= 0.3 is 5.97 Å². The van der Waals surface area contributed by atoms with Crippen LogP contribution in [0, 0.1) is 0 Å². The van der Waals surface area contributed by atoms with Gasteiger partial charge in [-0.05, 0) is 32.3 Å². The summed E-state index contributed by atoms with van der Waals surface area (Å²) >= 11 is 0. The van der Waals surface area contributed by atoms with Crippen LogP contribution in [-0.4, -0.2) is 24.8 Å². The normalized spacial score (nSPS) is 25.0. The molecule has 0 spiro atoms. The fraction of sp³-hybridized carbons (Fsp3) is 0.500. The van der Waals surface area contributed by atoms with Gasteiger partial charge in [0.05, 0.1) is 24.4 Å². The molecule has 0 amide bonds. The van der Waals surface area contributed by atoms with Crippen LogP contribution in [0.1, 0.15) is 44.7 Å². The van der Waals surface area contributed by atoms with Crippen LogP contribution in [0.3, 0.4) is 0 Å². The van der Waals surface area contributed by atoms with Gasteiger partial charge in [0.2, 0.25) is 0 Å².